The molecular weight excluding hydrogens is 202 g/mol. The Labute approximate surface area is 95.8 Å². The predicted octanol–water partition coefficient (Wildman–Crippen LogP) is 2.21. The van der Waals surface area contributed by atoms with Gasteiger partial charge in [-0.2, -0.15) is 0 Å². The number of hydrogen-bond donors (Lipinski definition) is 1. The van der Waals surface area contributed by atoms with Crippen LogP contribution in [0.3, 0.4) is 0 Å². The lowest BCUT2D eigenvalue weighted by atomic mass is 10.1. The molecule has 0 atom stereocenters. The molecule has 16 heavy (non-hydrogen) atoms. The summed E-state index contributed by atoms with van der Waals surface area (Å²) >= 11 is 0. The Balaban J connectivity index is 1.76. The fourth-order valence-corrected chi connectivity index (χ4v) is 2.40. The Bertz CT molecular complexity index is 372. The van der Waals surface area contributed by atoms with Gasteiger partial charge in [-0.25, -0.2) is 0 Å². The van der Waals surface area contributed by atoms with Crippen LogP contribution in [0.2, 0.25) is 0 Å². The number of fused-ring (bicyclic) bond motifs is 1. The number of hydrogen-bond acceptors (Lipinski definition) is 3. The monoisotopic (exact) mass is 219 g/mol. The first-order valence-corrected chi connectivity index (χ1v) is 6.03. The highest BCUT2D eigenvalue weighted by Crippen LogP contribution is 2.32. The van der Waals surface area contributed by atoms with Gasteiger partial charge in [0, 0.05) is 30.6 Å². The third-order valence-corrected chi connectivity index (χ3v) is 3.29. The molecule has 1 saturated heterocycles. The van der Waals surface area contributed by atoms with Crippen molar-refractivity contribution in [2.24, 2.45) is 0 Å². The molecule has 0 aromatic heterocycles. The molecular formula is C13H17NO2. The summed E-state index contributed by atoms with van der Waals surface area (Å²) in [5.74, 6) is 1.06. The van der Waals surface area contributed by atoms with Gasteiger partial charge in [0.15, 0.2) is 0 Å². The Morgan fingerprint density at radius 2 is 2.12 bits per heavy atom. The molecule has 1 aromatic carbocycles. The fraction of sp³-hybridized carbons (Fsp3) is 0.538. The van der Waals surface area contributed by atoms with Crippen LogP contribution in [0.5, 0.6) is 5.75 Å². The quantitative estimate of drug-likeness (QED) is 0.827. The van der Waals surface area contributed by atoms with E-state index >= 15 is 0 Å². The number of rotatable bonds is 2. The molecule has 2 aliphatic rings. The first-order chi connectivity index (χ1) is 7.93. The second kappa shape index (κ2) is 4.34. The Hall–Kier alpha value is -1.22. The minimum atomic E-state index is 0.334. The molecule has 0 spiro atoms. The zero-order valence-electron chi connectivity index (χ0n) is 9.37. The van der Waals surface area contributed by atoms with Gasteiger partial charge in [-0.15, -0.1) is 0 Å². The van der Waals surface area contributed by atoms with E-state index in [2.05, 4.69) is 23.5 Å². The lowest BCUT2D eigenvalue weighted by Gasteiger charge is -2.24. The van der Waals surface area contributed by atoms with Crippen LogP contribution in [0.15, 0.2) is 18.2 Å². The number of nitrogens with one attached hydrogen (secondary N) is 1. The third kappa shape index (κ3) is 1.87. The van der Waals surface area contributed by atoms with Crippen molar-refractivity contribution in [3.63, 3.8) is 0 Å². The van der Waals surface area contributed by atoms with E-state index in [4.69, 9.17) is 9.47 Å². The van der Waals surface area contributed by atoms with Crippen molar-refractivity contribution < 1.29 is 9.47 Å². The van der Waals surface area contributed by atoms with Crippen LogP contribution in [0, 0.1) is 0 Å². The second-order valence-electron chi connectivity index (χ2n) is 4.39. The van der Waals surface area contributed by atoms with Gasteiger partial charge < -0.3 is 14.8 Å². The smallest absolute Gasteiger partial charge is 0.125 e. The minimum Gasteiger partial charge on any atom is -0.490 e. The van der Waals surface area contributed by atoms with Crippen LogP contribution in [0.4, 0.5) is 5.69 Å². The van der Waals surface area contributed by atoms with Gasteiger partial charge in [0.05, 0.1) is 13.2 Å². The standard InChI is InChI=1S/C13H17NO2/c1-2-12-11(4-7-14-12)13(3-1)16-10-5-8-15-9-6-10/h1-3,10,14H,4-9H2. The zero-order valence-corrected chi connectivity index (χ0v) is 9.37. The van der Waals surface area contributed by atoms with Gasteiger partial charge >= 0.3 is 0 Å². The Morgan fingerprint density at radius 3 is 3.00 bits per heavy atom. The van der Waals surface area contributed by atoms with Crippen LogP contribution >= 0.6 is 0 Å². The lowest BCUT2D eigenvalue weighted by molar-refractivity contribution is 0.0253. The molecule has 86 valence electrons. The predicted molar refractivity (Wildman–Crippen MR) is 63.1 cm³/mol. The Kier molecular flexibility index (Phi) is 2.70. The molecule has 3 nitrogen and oxygen atoms in total. The Morgan fingerprint density at radius 1 is 1.25 bits per heavy atom. The maximum absolute atomic E-state index is 6.08. The highest BCUT2D eigenvalue weighted by molar-refractivity contribution is 5.61. The van der Waals surface area contributed by atoms with Gasteiger partial charge in [0.25, 0.3) is 0 Å². The summed E-state index contributed by atoms with van der Waals surface area (Å²) in [5, 5.41) is 3.37. The largest absolute Gasteiger partial charge is 0.490 e. The van der Waals surface area contributed by atoms with Crippen molar-refractivity contribution in [2.75, 3.05) is 25.1 Å². The molecule has 0 amide bonds. The van der Waals surface area contributed by atoms with Crippen LogP contribution < -0.4 is 10.1 Å². The normalized spacial score (nSPS) is 20.2. The van der Waals surface area contributed by atoms with Gasteiger partial charge in [0.1, 0.15) is 11.9 Å². The van der Waals surface area contributed by atoms with E-state index in [1.54, 1.807) is 0 Å². The maximum atomic E-state index is 6.08. The molecule has 0 bridgehead atoms. The third-order valence-electron chi connectivity index (χ3n) is 3.29. The van der Waals surface area contributed by atoms with Gasteiger partial charge in [-0.05, 0) is 18.6 Å². The van der Waals surface area contributed by atoms with Crippen LogP contribution in [0.25, 0.3) is 0 Å². The molecule has 0 aliphatic carbocycles. The molecule has 2 aliphatic heterocycles. The van der Waals surface area contributed by atoms with Gasteiger partial charge in [0.2, 0.25) is 0 Å². The number of benzene rings is 1. The van der Waals surface area contributed by atoms with Crippen LogP contribution in [-0.4, -0.2) is 25.9 Å². The molecule has 0 radical (unpaired) electrons. The van der Waals surface area contributed by atoms with Gasteiger partial charge in [-0.1, -0.05) is 6.07 Å². The van der Waals surface area contributed by atoms with Crippen LogP contribution in [0.1, 0.15) is 18.4 Å². The molecule has 1 fully saturated rings. The van der Waals surface area contributed by atoms with E-state index in [9.17, 15) is 0 Å². The van der Waals surface area contributed by atoms with Crippen LogP contribution in [-0.2, 0) is 11.2 Å². The summed E-state index contributed by atoms with van der Waals surface area (Å²) in [6, 6.07) is 6.27. The van der Waals surface area contributed by atoms with Crippen molar-refractivity contribution >= 4 is 5.69 Å². The number of ether oxygens (including phenoxy) is 2. The van der Waals surface area contributed by atoms with Gasteiger partial charge in [-0.3, -0.25) is 0 Å². The molecule has 2 heterocycles. The minimum absolute atomic E-state index is 0.334. The average molecular weight is 219 g/mol. The second-order valence-corrected chi connectivity index (χ2v) is 4.39. The van der Waals surface area contributed by atoms with Crippen molar-refractivity contribution in [3.05, 3.63) is 23.8 Å². The van der Waals surface area contributed by atoms with E-state index in [0.29, 0.717) is 6.10 Å². The first-order valence-electron chi connectivity index (χ1n) is 6.03. The molecule has 3 heteroatoms. The van der Waals surface area contributed by atoms with Crippen molar-refractivity contribution in [2.45, 2.75) is 25.4 Å². The summed E-state index contributed by atoms with van der Waals surface area (Å²) in [7, 11) is 0. The highest BCUT2D eigenvalue weighted by atomic mass is 16.5. The van der Waals surface area contributed by atoms with E-state index in [1.807, 2.05) is 0 Å². The summed E-state index contributed by atoms with van der Waals surface area (Å²) < 4.78 is 11.4. The van der Waals surface area contributed by atoms with Crippen molar-refractivity contribution in [1.82, 2.24) is 0 Å². The SMILES string of the molecule is c1cc2c(c(OC3CCOCC3)c1)CCN2. The summed E-state index contributed by atoms with van der Waals surface area (Å²) in [6.45, 7) is 2.69. The zero-order chi connectivity index (χ0) is 10.8. The topological polar surface area (TPSA) is 30.5 Å². The molecule has 1 aromatic rings. The summed E-state index contributed by atoms with van der Waals surface area (Å²) in [4.78, 5) is 0. The van der Waals surface area contributed by atoms with E-state index in [1.165, 1.54) is 11.3 Å². The molecule has 0 unspecified atom stereocenters. The molecule has 3 rings (SSSR count). The summed E-state index contributed by atoms with van der Waals surface area (Å²) in [6.07, 6.45) is 3.43. The molecule has 0 saturated carbocycles. The molecule has 1 N–H and O–H groups in total. The van der Waals surface area contributed by atoms with E-state index in [0.717, 1.165) is 44.8 Å². The average Bonchev–Trinajstić information content (AvgIpc) is 2.80. The fourth-order valence-electron chi connectivity index (χ4n) is 2.40. The number of anilines is 1. The highest BCUT2D eigenvalue weighted by Gasteiger charge is 2.19. The van der Waals surface area contributed by atoms with Crippen molar-refractivity contribution in [1.29, 1.82) is 0 Å². The van der Waals surface area contributed by atoms with E-state index < -0.39 is 0 Å². The maximum Gasteiger partial charge on any atom is 0.125 e. The summed E-state index contributed by atoms with van der Waals surface area (Å²) in [5.41, 5.74) is 2.58. The lowest BCUT2D eigenvalue weighted by Crippen LogP contribution is -2.26. The van der Waals surface area contributed by atoms with Crippen molar-refractivity contribution in [3.8, 4) is 5.75 Å². The van der Waals surface area contributed by atoms with E-state index in [-0.39, 0.29) is 0 Å². The first kappa shape index (κ1) is 9.97.